The van der Waals surface area contributed by atoms with Crippen molar-refractivity contribution in [1.82, 2.24) is 15.6 Å². The van der Waals surface area contributed by atoms with E-state index in [4.69, 9.17) is 9.47 Å². The minimum Gasteiger partial charge on any atom is -0.493 e. The molecule has 1 aliphatic rings. The Bertz CT molecular complexity index is 810. The number of hydrogen-bond donors (Lipinski definition) is 2. The van der Waals surface area contributed by atoms with Crippen molar-refractivity contribution >= 4 is 11.8 Å². The van der Waals surface area contributed by atoms with Crippen LogP contribution in [-0.4, -0.2) is 31.0 Å². The number of ether oxygens (including phenoxy) is 2. The van der Waals surface area contributed by atoms with E-state index in [1.54, 1.807) is 32.7 Å². The molecule has 2 atom stereocenters. The van der Waals surface area contributed by atoms with Crippen LogP contribution >= 0.6 is 0 Å². The lowest BCUT2D eigenvalue weighted by Crippen LogP contribution is -2.29. The van der Waals surface area contributed by atoms with E-state index in [0.29, 0.717) is 31.0 Å². The summed E-state index contributed by atoms with van der Waals surface area (Å²) in [6, 6.07) is 9.19. The van der Waals surface area contributed by atoms with Crippen molar-refractivity contribution in [3.63, 3.8) is 0 Å². The molecule has 0 radical (unpaired) electrons. The van der Waals surface area contributed by atoms with Gasteiger partial charge in [0.25, 0.3) is 0 Å². The van der Waals surface area contributed by atoms with E-state index in [9.17, 15) is 9.59 Å². The number of pyridine rings is 1. The normalized spacial score (nSPS) is 17.7. The molecule has 2 N–H and O–H groups in total. The molecule has 0 saturated heterocycles. The molecule has 0 bridgehead atoms. The van der Waals surface area contributed by atoms with E-state index in [1.807, 2.05) is 24.3 Å². The maximum absolute atomic E-state index is 12.3. The molecule has 1 fully saturated rings. The number of hydrogen-bond acceptors (Lipinski definition) is 5. The van der Waals surface area contributed by atoms with Gasteiger partial charge in [-0.15, -0.1) is 0 Å². The molecule has 2 unspecified atom stereocenters. The van der Waals surface area contributed by atoms with Crippen LogP contribution in [0.3, 0.4) is 0 Å². The summed E-state index contributed by atoms with van der Waals surface area (Å²) in [7, 11) is 3.14. The summed E-state index contributed by atoms with van der Waals surface area (Å²) in [5, 5.41) is 5.75. The number of methoxy groups -OCH3 is 2. The van der Waals surface area contributed by atoms with Gasteiger partial charge in [-0.05, 0) is 41.8 Å². The Hall–Kier alpha value is -3.09. The van der Waals surface area contributed by atoms with Crippen LogP contribution < -0.4 is 20.1 Å². The average Bonchev–Trinajstić information content (AvgIpc) is 3.52. The van der Waals surface area contributed by atoms with Crippen LogP contribution in [0.15, 0.2) is 42.7 Å². The number of carbonyl (C=O) groups excluding carboxylic acids is 2. The number of aromatic nitrogens is 1. The Labute approximate surface area is 158 Å². The number of nitrogens with one attached hydrogen (secondary N) is 2. The number of nitrogens with zero attached hydrogens (tertiary/aromatic N) is 1. The molecule has 2 aromatic rings. The average molecular weight is 369 g/mol. The molecule has 0 aliphatic heterocycles. The minimum atomic E-state index is -0.261. The van der Waals surface area contributed by atoms with E-state index in [-0.39, 0.29) is 23.7 Å². The predicted molar refractivity (Wildman–Crippen MR) is 99.1 cm³/mol. The number of benzene rings is 1. The largest absolute Gasteiger partial charge is 0.493 e. The molecule has 1 aliphatic carbocycles. The van der Waals surface area contributed by atoms with Crippen molar-refractivity contribution in [1.29, 1.82) is 0 Å². The molecule has 7 heteroatoms. The first-order valence-electron chi connectivity index (χ1n) is 8.77. The zero-order valence-electron chi connectivity index (χ0n) is 15.4. The molecule has 0 spiro atoms. The number of rotatable bonds is 8. The van der Waals surface area contributed by atoms with Gasteiger partial charge in [-0.2, -0.15) is 0 Å². The molecule has 142 valence electrons. The van der Waals surface area contributed by atoms with Crippen molar-refractivity contribution < 1.29 is 19.1 Å². The SMILES string of the molecule is COc1ccc(CNC(=O)C2CC2C(=O)NCc2ccncc2)cc1OC. The van der Waals surface area contributed by atoms with Crippen LogP contribution in [-0.2, 0) is 22.7 Å². The molecule has 1 aromatic heterocycles. The van der Waals surface area contributed by atoms with Gasteiger partial charge in [0.15, 0.2) is 11.5 Å². The Balaban J connectivity index is 1.45. The van der Waals surface area contributed by atoms with Crippen LogP contribution in [0.1, 0.15) is 17.5 Å². The topological polar surface area (TPSA) is 89.5 Å². The monoisotopic (exact) mass is 369 g/mol. The van der Waals surface area contributed by atoms with Gasteiger partial charge in [-0.1, -0.05) is 6.07 Å². The summed E-state index contributed by atoms with van der Waals surface area (Å²) in [6.45, 7) is 0.818. The molecule has 7 nitrogen and oxygen atoms in total. The predicted octanol–water partition coefficient (Wildman–Crippen LogP) is 1.67. The third-order valence-corrected chi connectivity index (χ3v) is 4.59. The van der Waals surface area contributed by atoms with E-state index in [2.05, 4.69) is 15.6 Å². The maximum Gasteiger partial charge on any atom is 0.224 e. The molecule has 1 saturated carbocycles. The second kappa shape index (κ2) is 8.53. The second-order valence-corrected chi connectivity index (χ2v) is 6.43. The second-order valence-electron chi connectivity index (χ2n) is 6.43. The highest BCUT2D eigenvalue weighted by atomic mass is 16.5. The van der Waals surface area contributed by atoms with Gasteiger partial charge in [0.1, 0.15) is 0 Å². The highest BCUT2D eigenvalue weighted by Crippen LogP contribution is 2.39. The summed E-state index contributed by atoms with van der Waals surface area (Å²) in [4.78, 5) is 28.4. The lowest BCUT2D eigenvalue weighted by Gasteiger charge is -2.10. The zero-order chi connectivity index (χ0) is 19.2. The van der Waals surface area contributed by atoms with Crippen LogP contribution in [0.2, 0.25) is 0 Å². The summed E-state index contributed by atoms with van der Waals surface area (Å²) in [6.07, 6.45) is 3.95. The van der Waals surface area contributed by atoms with Crippen molar-refractivity contribution in [2.45, 2.75) is 19.5 Å². The first-order valence-corrected chi connectivity index (χ1v) is 8.77. The van der Waals surface area contributed by atoms with Crippen molar-refractivity contribution in [3.05, 3.63) is 53.9 Å². The Kier molecular flexibility index (Phi) is 5.90. The zero-order valence-corrected chi connectivity index (χ0v) is 15.4. The maximum atomic E-state index is 12.3. The Morgan fingerprint density at radius 3 is 2.11 bits per heavy atom. The first-order chi connectivity index (χ1) is 13.1. The van der Waals surface area contributed by atoms with Gasteiger partial charge in [-0.3, -0.25) is 14.6 Å². The smallest absolute Gasteiger partial charge is 0.224 e. The highest BCUT2D eigenvalue weighted by molar-refractivity contribution is 5.92. The fraction of sp³-hybridized carbons (Fsp3) is 0.350. The quantitative estimate of drug-likeness (QED) is 0.739. The molecule has 27 heavy (non-hydrogen) atoms. The summed E-state index contributed by atoms with van der Waals surface area (Å²) >= 11 is 0. The van der Waals surface area contributed by atoms with E-state index >= 15 is 0 Å². The van der Waals surface area contributed by atoms with Crippen molar-refractivity contribution in [2.24, 2.45) is 11.8 Å². The molecule has 1 aromatic carbocycles. The van der Waals surface area contributed by atoms with E-state index in [1.165, 1.54) is 0 Å². The van der Waals surface area contributed by atoms with E-state index in [0.717, 1.165) is 11.1 Å². The third kappa shape index (κ3) is 4.75. The van der Waals surface area contributed by atoms with Crippen LogP contribution in [0, 0.1) is 11.8 Å². The van der Waals surface area contributed by atoms with Crippen LogP contribution in [0.5, 0.6) is 11.5 Å². The van der Waals surface area contributed by atoms with Gasteiger partial charge in [0.05, 0.1) is 26.1 Å². The van der Waals surface area contributed by atoms with Crippen LogP contribution in [0.4, 0.5) is 0 Å². The third-order valence-electron chi connectivity index (χ3n) is 4.59. The molecule has 2 amide bonds. The summed E-state index contributed by atoms with van der Waals surface area (Å²) < 4.78 is 10.5. The lowest BCUT2D eigenvalue weighted by atomic mass is 10.2. The Morgan fingerprint density at radius 1 is 0.926 bits per heavy atom. The van der Waals surface area contributed by atoms with Crippen molar-refractivity contribution in [3.8, 4) is 11.5 Å². The van der Waals surface area contributed by atoms with Crippen LogP contribution in [0.25, 0.3) is 0 Å². The summed E-state index contributed by atoms with van der Waals surface area (Å²) in [5.74, 6) is 0.552. The number of amides is 2. The van der Waals surface area contributed by atoms with Gasteiger partial charge in [0.2, 0.25) is 11.8 Å². The standard InChI is InChI=1S/C20H23N3O4/c1-26-17-4-3-14(9-18(17)27-2)12-23-20(25)16-10-15(16)19(24)22-11-13-5-7-21-8-6-13/h3-9,15-16H,10-12H2,1-2H3,(H,22,24)(H,23,25). The lowest BCUT2D eigenvalue weighted by molar-refractivity contribution is -0.127. The fourth-order valence-corrected chi connectivity index (χ4v) is 2.91. The van der Waals surface area contributed by atoms with Gasteiger partial charge in [0, 0.05) is 25.5 Å². The molecule has 3 rings (SSSR count). The number of carbonyl (C=O) groups is 2. The van der Waals surface area contributed by atoms with E-state index < -0.39 is 0 Å². The van der Waals surface area contributed by atoms with Gasteiger partial charge >= 0.3 is 0 Å². The first kappa shape index (κ1) is 18.7. The molecular formula is C20H23N3O4. The molecule has 1 heterocycles. The van der Waals surface area contributed by atoms with Crippen molar-refractivity contribution in [2.75, 3.05) is 14.2 Å². The highest BCUT2D eigenvalue weighted by Gasteiger charge is 2.47. The minimum absolute atomic E-state index is 0.0851. The Morgan fingerprint density at radius 2 is 1.52 bits per heavy atom. The van der Waals surface area contributed by atoms with Gasteiger partial charge < -0.3 is 20.1 Å². The van der Waals surface area contributed by atoms with Gasteiger partial charge in [-0.25, -0.2) is 0 Å². The molecular weight excluding hydrogens is 346 g/mol. The summed E-state index contributed by atoms with van der Waals surface area (Å²) in [5.41, 5.74) is 1.88. The fourth-order valence-electron chi connectivity index (χ4n) is 2.91.